The van der Waals surface area contributed by atoms with E-state index in [1.807, 2.05) is 54.7 Å². The van der Waals surface area contributed by atoms with Crippen molar-refractivity contribution in [2.24, 2.45) is 0 Å². The molecular formula is C30H33ClN2O7. The molecule has 40 heavy (non-hydrogen) atoms. The van der Waals surface area contributed by atoms with Crippen LogP contribution in [0, 0.1) is 0 Å². The molecule has 0 spiro atoms. The van der Waals surface area contributed by atoms with Crippen molar-refractivity contribution in [1.82, 2.24) is 9.47 Å². The van der Waals surface area contributed by atoms with E-state index >= 15 is 0 Å². The highest BCUT2D eigenvalue weighted by Crippen LogP contribution is 2.46. The summed E-state index contributed by atoms with van der Waals surface area (Å²) in [4.78, 5) is 26.1. The summed E-state index contributed by atoms with van der Waals surface area (Å²) < 4.78 is 25.8. The Morgan fingerprint density at radius 1 is 1.07 bits per heavy atom. The summed E-state index contributed by atoms with van der Waals surface area (Å²) in [6.07, 6.45) is 3.44. The number of halogens is 1. The molecule has 0 radical (unpaired) electrons. The number of fused-ring (bicyclic) bond motifs is 3. The van der Waals surface area contributed by atoms with Crippen LogP contribution in [-0.4, -0.2) is 60.0 Å². The second-order valence-electron chi connectivity index (χ2n) is 9.87. The van der Waals surface area contributed by atoms with Crippen LogP contribution in [0.2, 0.25) is 5.02 Å². The lowest BCUT2D eigenvalue weighted by molar-refractivity contribution is -0.162. The zero-order valence-corrected chi connectivity index (χ0v) is 23.3. The number of hydrogen-bond donors (Lipinski definition) is 1. The van der Waals surface area contributed by atoms with Gasteiger partial charge in [-0.1, -0.05) is 23.7 Å². The maximum Gasteiger partial charge on any atom is 0.329 e. The van der Waals surface area contributed by atoms with Crippen LogP contribution in [0.4, 0.5) is 0 Å². The van der Waals surface area contributed by atoms with Crippen LogP contribution >= 0.6 is 11.6 Å². The van der Waals surface area contributed by atoms with Gasteiger partial charge in [0.05, 0.1) is 31.7 Å². The lowest BCUT2D eigenvalue weighted by Crippen LogP contribution is -2.45. The van der Waals surface area contributed by atoms with Gasteiger partial charge in [0.2, 0.25) is 5.91 Å². The van der Waals surface area contributed by atoms with Gasteiger partial charge in [0.25, 0.3) is 0 Å². The van der Waals surface area contributed by atoms with Gasteiger partial charge in [-0.25, -0.2) is 4.79 Å². The van der Waals surface area contributed by atoms with Gasteiger partial charge in [0.1, 0.15) is 18.9 Å². The second kappa shape index (κ2) is 12.3. The third-order valence-corrected chi connectivity index (χ3v) is 7.68. The Labute approximate surface area is 238 Å². The lowest BCUT2D eigenvalue weighted by Gasteiger charge is -2.35. The summed E-state index contributed by atoms with van der Waals surface area (Å²) in [5, 5.41) is 9.63. The van der Waals surface area contributed by atoms with Crippen molar-refractivity contribution in [2.75, 3.05) is 27.4 Å². The van der Waals surface area contributed by atoms with Crippen LogP contribution in [0.15, 0.2) is 54.7 Å². The third-order valence-electron chi connectivity index (χ3n) is 7.45. The number of likely N-dealkylation sites (tertiary alicyclic amines) is 1. The monoisotopic (exact) mass is 568 g/mol. The van der Waals surface area contributed by atoms with E-state index in [2.05, 4.69) is 4.57 Å². The zero-order valence-electron chi connectivity index (χ0n) is 22.5. The number of benzene rings is 2. The summed E-state index contributed by atoms with van der Waals surface area (Å²) in [6, 6.07) is 15.3. The van der Waals surface area contributed by atoms with Gasteiger partial charge in [-0.05, 0) is 62.1 Å². The first-order valence-corrected chi connectivity index (χ1v) is 13.7. The number of piperidine rings is 1. The van der Waals surface area contributed by atoms with E-state index in [0.717, 1.165) is 35.3 Å². The molecule has 1 fully saturated rings. The van der Waals surface area contributed by atoms with Crippen molar-refractivity contribution < 1.29 is 33.6 Å². The molecule has 9 nitrogen and oxygen atoms in total. The van der Waals surface area contributed by atoms with Crippen LogP contribution in [0.25, 0.3) is 5.69 Å². The van der Waals surface area contributed by atoms with Crippen molar-refractivity contribution in [2.45, 2.75) is 50.5 Å². The fourth-order valence-corrected chi connectivity index (χ4v) is 5.82. The standard InChI is InChI=1S/C30H33ClN2O7/c1-37-25-9-5-7-20(30(25)38-2)29-21-17-19(31)11-12-22(21)32-16-6-8-23(32)24(40-29)13-14-26(34)33-15-4-3-10-27(33)39-18-28(35)36/h5-9,11-12,16-17,24,27,29H,3-4,10,13-15,18H2,1-2H3,(H,35,36)/t24-,27?,29-/m1/s1. The molecule has 3 heterocycles. The van der Waals surface area contributed by atoms with Crippen LogP contribution in [-0.2, 0) is 19.1 Å². The molecule has 0 aliphatic carbocycles. The van der Waals surface area contributed by atoms with E-state index in [0.29, 0.717) is 35.9 Å². The highest BCUT2D eigenvalue weighted by atomic mass is 35.5. The molecule has 1 amide bonds. The van der Waals surface area contributed by atoms with Crippen molar-refractivity contribution in [1.29, 1.82) is 0 Å². The minimum Gasteiger partial charge on any atom is -0.493 e. The summed E-state index contributed by atoms with van der Waals surface area (Å²) >= 11 is 6.48. The maximum absolute atomic E-state index is 13.4. The number of para-hydroxylation sites is 1. The van der Waals surface area contributed by atoms with Gasteiger partial charge in [-0.15, -0.1) is 0 Å². The normalized spacial score (nSPS) is 20.3. The van der Waals surface area contributed by atoms with Gasteiger partial charge >= 0.3 is 5.97 Å². The van der Waals surface area contributed by atoms with Gasteiger partial charge in [-0.3, -0.25) is 4.79 Å². The molecule has 1 aromatic heterocycles. The topological polar surface area (TPSA) is 99.5 Å². The first kappa shape index (κ1) is 28.0. The smallest absolute Gasteiger partial charge is 0.329 e. The molecule has 2 aromatic carbocycles. The average Bonchev–Trinajstić information content (AvgIpc) is 3.41. The van der Waals surface area contributed by atoms with E-state index in [-0.39, 0.29) is 12.3 Å². The van der Waals surface area contributed by atoms with Gasteiger partial charge in [0, 0.05) is 35.3 Å². The number of carboxylic acids is 1. The van der Waals surface area contributed by atoms with E-state index in [1.54, 1.807) is 19.1 Å². The predicted molar refractivity (Wildman–Crippen MR) is 148 cm³/mol. The molecule has 1 N–H and O–H groups in total. The summed E-state index contributed by atoms with van der Waals surface area (Å²) in [7, 11) is 3.19. The third kappa shape index (κ3) is 5.68. The number of ether oxygens (including phenoxy) is 4. The Bertz CT molecular complexity index is 1370. The number of carbonyl (C=O) groups excluding carboxylic acids is 1. The fraction of sp³-hybridized carbons (Fsp3) is 0.400. The molecule has 2 aliphatic rings. The predicted octanol–water partition coefficient (Wildman–Crippen LogP) is 5.53. The minimum atomic E-state index is -1.05. The number of rotatable bonds is 9. The Morgan fingerprint density at radius 3 is 2.70 bits per heavy atom. The number of carbonyl (C=O) groups is 2. The molecule has 2 aliphatic heterocycles. The molecule has 212 valence electrons. The number of amides is 1. The molecule has 1 saturated heterocycles. The number of nitrogens with zero attached hydrogens (tertiary/aromatic N) is 2. The maximum atomic E-state index is 13.4. The Hall–Kier alpha value is -3.53. The first-order chi connectivity index (χ1) is 19.4. The molecule has 10 heteroatoms. The largest absolute Gasteiger partial charge is 0.493 e. The number of aliphatic carboxylic acids is 1. The molecule has 0 bridgehead atoms. The summed E-state index contributed by atoms with van der Waals surface area (Å²) in [5.41, 5.74) is 3.48. The molecule has 5 rings (SSSR count). The lowest BCUT2D eigenvalue weighted by atomic mass is 9.98. The highest BCUT2D eigenvalue weighted by molar-refractivity contribution is 6.30. The summed E-state index contributed by atoms with van der Waals surface area (Å²) in [6.45, 7) is 0.108. The first-order valence-electron chi connectivity index (χ1n) is 13.4. The van der Waals surface area contributed by atoms with Crippen molar-refractivity contribution >= 4 is 23.5 Å². The van der Waals surface area contributed by atoms with E-state index in [1.165, 1.54) is 0 Å². The van der Waals surface area contributed by atoms with Gasteiger partial charge in [0.15, 0.2) is 11.5 Å². The molecule has 3 atom stereocenters. The van der Waals surface area contributed by atoms with Crippen molar-refractivity contribution in [3.63, 3.8) is 0 Å². The van der Waals surface area contributed by atoms with Crippen molar-refractivity contribution in [3.05, 3.63) is 76.6 Å². The van der Waals surface area contributed by atoms with Crippen LogP contribution < -0.4 is 9.47 Å². The highest BCUT2D eigenvalue weighted by Gasteiger charge is 2.34. The zero-order chi connectivity index (χ0) is 28.2. The Balaban J connectivity index is 1.46. The Kier molecular flexibility index (Phi) is 8.63. The van der Waals surface area contributed by atoms with E-state index in [9.17, 15) is 9.59 Å². The molecule has 0 saturated carbocycles. The fourth-order valence-electron chi connectivity index (χ4n) is 5.64. The van der Waals surface area contributed by atoms with Gasteiger partial charge < -0.3 is 33.5 Å². The quantitative estimate of drug-likeness (QED) is 0.362. The average molecular weight is 569 g/mol. The molecule has 3 aromatic rings. The van der Waals surface area contributed by atoms with E-state index < -0.39 is 31.0 Å². The number of carboxylic acid groups (broad SMARTS) is 1. The number of hydrogen-bond acceptors (Lipinski definition) is 6. The molecular weight excluding hydrogens is 536 g/mol. The molecule has 1 unspecified atom stereocenters. The van der Waals surface area contributed by atoms with Crippen LogP contribution in [0.3, 0.4) is 0 Å². The summed E-state index contributed by atoms with van der Waals surface area (Å²) in [5.74, 6) is 0.00993. The van der Waals surface area contributed by atoms with E-state index in [4.69, 9.17) is 35.7 Å². The SMILES string of the molecule is COc1cccc([C@H]2O[C@H](CCC(=O)N3CCCCC3OCC(=O)O)c3cccn3-c3ccc(Cl)cc32)c1OC. The number of methoxy groups -OCH3 is 2. The second-order valence-corrected chi connectivity index (χ2v) is 10.3. The Morgan fingerprint density at radius 2 is 1.93 bits per heavy atom. The van der Waals surface area contributed by atoms with Gasteiger partial charge in [-0.2, -0.15) is 0 Å². The number of aromatic nitrogens is 1. The van der Waals surface area contributed by atoms with Crippen LogP contribution in [0.5, 0.6) is 11.5 Å². The van der Waals surface area contributed by atoms with Crippen LogP contribution in [0.1, 0.15) is 61.1 Å². The minimum absolute atomic E-state index is 0.0860. The van der Waals surface area contributed by atoms with Crippen molar-refractivity contribution in [3.8, 4) is 17.2 Å².